The number of carbonyl (C=O) groups is 1. The molecule has 2 aromatic carbocycles. The summed E-state index contributed by atoms with van der Waals surface area (Å²) in [6.45, 7) is 0.982. The molecule has 1 aliphatic heterocycles. The van der Waals surface area contributed by atoms with Crippen LogP contribution in [0.25, 0.3) is 0 Å². The molecule has 0 amide bonds. The fourth-order valence-electron chi connectivity index (χ4n) is 2.73. The summed E-state index contributed by atoms with van der Waals surface area (Å²) in [5, 5.41) is 0.889. The van der Waals surface area contributed by atoms with Crippen molar-refractivity contribution < 1.29 is 17.9 Å². The highest BCUT2D eigenvalue weighted by molar-refractivity contribution is 7.89. The van der Waals surface area contributed by atoms with Crippen LogP contribution in [0.5, 0.6) is 0 Å². The summed E-state index contributed by atoms with van der Waals surface area (Å²) in [5.41, 5.74) is 0.792. The highest BCUT2D eigenvalue weighted by atomic mass is 35.5. The number of rotatable bonds is 5. The summed E-state index contributed by atoms with van der Waals surface area (Å²) in [5.74, 6) is -0.616. The third kappa shape index (κ3) is 4.20. The number of hydrogen-bond acceptors (Lipinski definition) is 4. The molecular weight excluding hydrogens is 397 g/mol. The van der Waals surface area contributed by atoms with Crippen molar-refractivity contribution in [1.29, 1.82) is 0 Å². The third-order valence-corrected chi connectivity index (χ3v) is 6.63. The van der Waals surface area contributed by atoms with Gasteiger partial charge in [-0.25, -0.2) is 13.2 Å². The first-order valence-corrected chi connectivity index (χ1v) is 10.3. The Labute approximate surface area is 162 Å². The van der Waals surface area contributed by atoms with Crippen molar-refractivity contribution in [3.8, 4) is 0 Å². The summed E-state index contributed by atoms with van der Waals surface area (Å²) in [7, 11) is -3.58. The molecule has 0 bridgehead atoms. The van der Waals surface area contributed by atoms with E-state index in [1.807, 2.05) is 0 Å². The van der Waals surface area contributed by atoms with Crippen LogP contribution in [0.2, 0.25) is 10.0 Å². The number of benzene rings is 2. The van der Waals surface area contributed by atoms with Gasteiger partial charge in [-0.05, 0) is 43.2 Å². The van der Waals surface area contributed by atoms with Crippen molar-refractivity contribution in [2.24, 2.45) is 0 Å². The summed E-state index contributed by atoms with van der Waals surface area (Å²) >= 11 is 11.9. The Morgan fingerprint density at radius 1 is 1.08 bits per heavy atom. The lowest BCUT2D eigenvalue weighted by Gasteiger charge is -2.16. The first-order chi connectivity index (χ1) is 12.4. The Hall–Kier alpha value is -1.60. The zero-order valence-electron chi connectivity index (χ0n) is 13.8. The summed E-state index contributed by atoms with van der Waals surface area (Å²) < 4.78 is 31.9. The quantitative estimate of drug-likeness (QED) is 0.690. The maximum atomic E-state index is 12.6. The van der Waals surface area contributed by atoms with Gasteiger partial charge in [0.1, 0.15) is 6.61 Å². The largest absolute Gasteiger partial charge is 0.457 e. The van der Waals surface area contributed by atoms with Gasteiger partial charge in [0.15, 0.2) is 0 Å². The Morgan fingerprint density at radius 3 is 2.50 bits per heavy atom. The molecule has 0 aromatic heterocycles. The minimum atomic E-state index is -3.58. The average Bonchev–Trinajstić information content (AvgIpc) is 3.16. The van der Waals surface area contributed by atoms with Crippen molar-refractivity contribution in [3.05, 3.63) is 63.6 Å². The molecule has 0 N–H and O–H groups in total. The number of ether oxygens (including phenoxy) is 1. The first-order valence-electron chi connectivity index (χ1n) is 8.09. The topological polar surface area (TPSA) is 63.7 Å². The molecule has 8 heteroatoms. The van der Waals surface area contributed by atoms with Gasteiger partial charge in [-0.15, -0.1) is 0 Å². The molecule has 0 aliphatic carbocycles. The lowest BCUT2D eigenvalue weighted by molar-refractivity contribution is 0.0472. The van der Waals surface area contributed by atoms with Crippen LogP contribution in [0, 0.1) is 0 Å². The standard InChI is InChI=1S/C18H17Cl2NO4S/c19-15-7-6-14(17(20)11-15)12-25-18(22)13-4-3-5-16(10-13)26(23,24)21-8-1-2-9-21/h3-7,10-11H,1-2,8-9,12H2. The Kier molecular flexibility index (Phi) is 5.87. The predicted octanol–water partition coefficient (Wildman–Crippen LogP) is 4.13. The number of esters is 1. The second-order valence-corrected chi connectivity index (χ2v) is 8.73. The van der Waals surface area contributed by atoms with E-state index in [1.165, 1.54) is 28.6 Å². The van der Waals surface area contributed by atoms with Gasteiger partial charge in [0.25, 0.3) is 0 Å². The molecule has 2 aromatic rings. The zero-order valence-corrected chi connectivity index (χ0v) is 16.1. The zero-order chi connectivity index (χ0) is 18.7. The number of hydrogen-bond donors (Lipinski definition) is 0. The second kappa shape index (κ2) is 7.96. The lowest BCUT2D eigenvalue weighted by Crippen LogP contribution is -2.28. The van der Waals surface area contributed by atoms with Gasteiger partial charge in [0, 0.05) is 28.7 Å². The van der Waals surface area contributed by atoms with E-state index in [1.54, 1.807) is 18.2 Å². The maximum Gasteiger partial charge on any atom is 0.338 e. The molecule has 138 valence electrons. The molecule has 1 saturated heterocycles. The Bertz CT molecular complexity index is 925. The van der Waals surface area contributed by atoms with Crippen LogP contribution in [0.1, 0.15) is 28.8 Å². The van der Waals surface area contributed by atoms with E-state index in [9.17, 15) is 13.2 Å². The lowest BCUT2D eigenvalue weighted by atomic mass is 10.2. The Balaban J connectivity index is 1.74. The van der Waals surface area contributed by atoms with Gasteiger partial charge in [0.05, 0.1) is 10.5 Å². The molecule has 0 radical (unpaired) electrons. The summed E-state index contributed by atoms with van der Waals surface area (Å²) in [6, 6.07) is 10.8. The van der Waals surface area contributed by atoms with Crippen molar-refractivity contribution in [2.45, 2.75) is 24.3 Å². The first kappa shape index (κ1) is 19.2. The molecule has 0 spiro atoms. The highest BCUT2D eigenvalue weighted by Crippen LogP contribution is 2.23. The normalized spacial score (nSPS) is 15.2. The predicted molar refractivity (Wildman–Crippen MR) is 100 cm³/mol. The molecular formula is C18H17Cl2NO4S. The molecule has 0 saturated carbocycles. The highest BCUT2D eigenvalue weighted by Gasteiger charge is 2.27. The fourth-order valence-corrected chi connectivity index (χ4v) is 4.75. The minimum Gasteiger partial charge on any atom is -0.457 e. The summed E-state index contributed by atoms with van der Waals surface area (Å²) in [6.07, 6.45) is 1.70. The van der Waals surface area contributed by atoms with E-state index >= 15 is 0 Å². The van der Waals surface area contributed by atoms with Gasteiger partial charge >= 0.3 is 5.97 Å². The minimum absolute atomic E-state index is 0.0298. The number of sulfonamides is 1. The third-order valence-electron chi connectivity index (χ3n) is 4.15. The van der Waals surface area contributed by atoms with E-state index in [4.69, 9.17) is 27.9 Å². The second-order valence-electron chi connectivity index (χ2n) is 5.95. The van der Waals surface area contributed by atoms with Gasteiger partial charge in [-0.3, -0.25) is 0 Å². The molecule has 1 heterocycles. The molecule has 0 unspecified atom stereocenters. The summed E-state index contributed by atoms with van der Waals surface area (Å²) in [4.78, 5) is 12.4. The Morgan fingerprint density at radius 2 is 1.81 bits per heavy atom. The number of halogens is 2. The molecule has 5 nitrogen and oxygen atoms in total. The van der Waals surface area contributed by atoms with Crippen LogP contribution < -0.4 is 0 Å². The van der Waals surface area contributed by atoms with Crippen LogP contribution in [0.4, 0.5) is 0 Å². The molecule has 1 aliphatic rings. The van der Waals surface area contributed by atoms with E-state index in [-0.39, 0.29) is 17.1 Å². The van der Waals surface area contributed by atoms with E-state index in [0.29, 0.717) is 28.7 Å². The monoisotopic (exact) mass is 413 g/mol. The maximum absolute atomic E-state index is 12.6. The van der Waals surface area contributed by atoms with Crippen LogP contribution in [-0.4, -0.2) is 31.8 Å². The van der Waals surface area contributed by atoms with E-state index in [2.05, 4.69) is 0 Å². The average molecular weight is 414 g/mol. The van der Waals surface area contributed by atoms with Crippen molar-refractivity contribution in [2.75, 3.05) is 13.1 Å². The van der Waals surface area contributed by atoms with Crippen LogP contribution >= 0.6 is 23.2 Å². The van der Waals surface area contributed by atoms with Crippen LogP contribution in [0.15, 0.2) is 47.4 Å². The van der Waals surface area contributed by atoms with Gasteiger partial charge in [-0.1, -0.05) is 35.3 Å². The molecule has 26 heavy (non-hydrogen) atoms. The van der Waals surface area contributed by atoms with Gasteiger partial charge in [0.2, 0.25) is 10.0 Å². The van der Waals surface area contributed by atoms with E-state index in [0.717, 1.165) is 12.8 Å². The van der Waals surface area contributed by atoms with Crippen LogP contribution in [0.3, 0.4) is 0 Å². The fraction of sp³-hybridized carbons (Fsp3) is 0.278. The van der Waals surface area contributed by atoms with Gasteiger partial charge in [-0.2, -0.15) is 4.31 Å². The molecule has 1 fully saturated rings. The van der Waals surface area contributed by atoms with Crippen molar-refractivity contribution in [3.63, 3.8) is 0 Å². The number of carbonyl (C=O) groups excluding carboxylic acids is 1. The SMILES string of the molecule is O=C(OCc1ccc(Cl)cc1Cl)c1cccc(S(=O)(=O)N2CCCC2)c1. The van der Waals surface area contributed by atoms with Crippen molar-refractivity contribution in [1.82, 2.24) is 4.31 Å². The smallest absolute Gasteiger partial charge is 0.338 e. The number of nitrogens with zero attached hydrogens (tertiary/aromatic N) is 1. The van der Waals surface area contributed by atoms with Crippen molar-refractivity contribution >= 4 is 39.2 Å². The van der Waals surface area contributed by atoms with E-state index < -0.39 is 16.0 Å². The molecule has 3 rings (SSSR count). The van der Waals surface area contributed by atoms with Crippen LogP contribution in [-0.2, 0) is 21.4 Å². The van der Waals surface area contributed by atoms with Gasteiger partial charge < -0.3 is 4.74 Å². The molecule has 0 atom stereocenters.